The summed E-state index contributed by atoms with van der Waals surface area (Å²) >= 11 is 5.88. The highest BCUT2D eigenvalue weighted by molar-refractivity contribution is 6.30. The van der Waals surface area contributed by atoms with Crippen molar-refractivity contribution in [1.29, 1.82) is 0 Å². The van der Waals surface area contributed by atoms with Gasteiger partial charge in [0, 0.05) is 25.2 Å². The average Bonchev–Trinajstić information content (AvgIpc) is 2.64. The normalized spacial score (nSPS) is 11.1. The van der Waals surface area contributed by atoms with E-state index in [2.05, 4.69) is 15.6 Å². The third-order valence-electron chi connectivity index (χ3n) is 3.60. The van der Waals surface area contributed by atoms with Crippen molar-refractivity contribution in [3.8, 4) is 17.2 Å². The van der Waals surface area contributed by atoms with Crippen LogP contribution in [-0.4, -0.2) is 32.3 Å². The van der Waals surface area contributed by atoms with Gasteiger partial charge in [0.2, 0.25) is 5.75 Å². The summed E-state index contributed by atoms with van der Waals surface area (Å²) in [6, 6.07) is 11.1. The Morgan fingerprint density at radius 1 is 1.00 bits per heavy atom. The molecule has 0 saturated carbocycles. The lowest BCUT2D eigenvalue weighted by Crippen LogP contribution is -2.36. The number of ether oxygens (including phenoxy) is 2. The molecule has 7 heteroatoms. The monoisotopic (exact) mass is 363 g/mol. The molecule has 0 aliphatic rings. The largest absolute Gasteiger partial charge is 0.502 e. The second-order valence-corrected chi connectivity index (χ2v) is 5.69. The lowest BCUT2D eigenvalue weighted by molar-refractivity contribution is 0.339. The molecule has 134 valence electrons. The Labute approximate surface area is 152 Å². The zero-order valence-electron chi connectivity index (χ0n) is 14.5. The summed E-state index contributed by atoms with van der Waals surface area (Å²) in [5, 5.41) is 17.1. The Hall–Kier alpha value is -2.60. The van der Waals surface area contributed by atoms with E-state index in [0.717, 1.165) is 11.1 Å². The smallest absolute Gasteiger partial charge is 0.200 e. The predicted molar refractivity (Wildman–Crippen MR) is 99.7 cm³/mol. The molecule has 3 N–H and O–H groups in total. The van der Waals surface area contributed by atoms with Gasteiger partial charge in [0.1, 0.15) is 0 Å². The number of aliphatic imine (C=N–C) groups is 1. The van der Waals surface area contributed by atoms with Gasteiger partial charge < -0.3 is 25.2 Å². The van der Waals surface area contributed by atoms with Gasteiger partial charge >= 0.3 is 0 Å². The summed E-state index contributed by atoms with van der Waals surface area (Å²) in [6.07, 6.45) is 0. The van der Waals surface area contributed by atoms with Crippen LogP contribution in [0.15, 0.2) is 41.4 Å². The minimum atomic E-state index is -0.0148. The Kier molecular flexibility index (Phi) is 6.77. The molecule has 0 atom stereocenters. The summed E-state index contributed by atoms with van der Waals surface area (Å²) in [5.74, 6) is 1.36. The molecule has 2 aromatic rings. The van der Waals surface area contributed by atoms with Crippen molar-refractivity contribution < 1.29 is 14.6 Å². The number of aromatic hydroxyl groups is 1. The highest BCUT2D eigenvalue weighted by Crippen LogP contribution is 2.36. The number of benzene rings is 2. The number of rotatable bonds is 6. The van der Waals surface area contributed by atoms with Crippen LogP contribution < -0.4 is 20.1 Å². The second-order valence-electron chi connectivity index (χ2n) is 5.25. The van der Waals surface area contributed by atoms with E-state index in [1.165, 1.54) is 14.2 Å². The second kappa shape index (κ2) is 9.03. The van der Waals surface area contributed by atoms with Gasteiger partial charge in [-0.25, -0.2) is 0 Å². The van der Waals surface area contributed by atoms with Crippen molar-refractivity contribution in [2.45, 2.75) is 13.1 Å². The molecule has 0 amide bonds. The van der Waals surface area contributed by atoms with E-state index in [1.807, 2.05) is 24.3 Å². The van der Waals surface area contributed by atoms with E-state index in [1.54, 1.807) is 19.2 Å². The molecule has 25 heavy (non-hydrogen) atoms. The molecule has 0 aliphatic heterocycles. The van der Waals surface area contributed by atoms with Gasteiger partial charge in [0.15, 0.2) is 17.5 Å². The first-order chi connectivity index (χ1) is 12.1. The van der Waals surface area contributed by atoms with Gasteiger partial charge in [-0.2, -0.15) is 0 Å². The average molecular weight is 364 g/mol. The van der Waals surface area contributed by atoms with Crippen LogP contribution in [0.5, 0.6) is 17.2 Å². The lowest BCUT2D eigenvalue weighted by Gasteiger charge is -2.14. The van der Waals surface area contributed by atoms with E-state index in [0.29, 0.717) is 35.6 Å². The zero-order valence-corrected chi connectivity index (χ0v) is 15.2. The highest BCUT2D eigenvalue weighted by atomic mass is 35.5. The maximum absolute atomic E-state index is 9.95. The zero-order chi connectivity index (χ0) is 18.2. The van der Waals surface area contributed by atoms with Crippen molar-refractivity contribution in [3.63, 3.8) is 0 Å². The molecular weight excluding hydrogens is 342 g/mol. The molecule has 0 saturated heterocycles. The number of hydrogen-bond donors (Lipinski definition) is 3. The number of nitrogens with zero attached hydrogens (tertiary/aromatic N) is 1. The fourth-order valence-corrected chi connectivity index (χ4v) is 2.37. The van der Waals surface area contributed by atoms with E-state index < -0.39 is 0 Å². The maximum Gasteiger partial charge on any atom is 0.200 e. The topological polar surface area (TPSA) is 75.1 Å². The Balaban J connectivity index is 1.97. The van der Waals surface area contributed by atoms with Crippen molar-refractivity contribution >= 4 is 17.6 Å². The number of halogens is 1. The SMILES string of the molecule is CN=C(NCc1ccc(Cl)cc1)NCc1cc(OC)c(O)c(OC)c1. The summed E-state index contributed by atoms with van der Waals surface area (Å²) in [4.78, 5) is 4.19. The first-order valence-corrected chi connectivity index (χ1v) is 8.08. The van der Waals surface area contributed by atoms with Crippen LogP contribution in [0.3, 0.4) is 0 Å². The van der Waals surface area contributed by atoms with Crippen LogP contribution >= 0.6 is 11.6 Å². The van der Waals surface area contributed by atoms with Gasteiger partial charge in [0.25, 0.3) is 0 Å². The minimum Gasteiger partial charge on any atom is -0.502 e. The van der Waals surface area contributed by atoms with Crippen LogP contribution in [0.1, 0.15) is 11.1 Å². The summed E-state index contributed by atoms with van der Waals surface area (Å²) < 4.78 is 10.3. The Morgan fingerprint density at radius 2 is 1.52 bits per heavy atom. The number of guanidine groups is 1. The van der Waals surface area contributed by atoms with Crippen molar-refractivity contribution in [3.05, 3.63) is 52.5 Å². The fraction of sp³-hybridized carbons (Fsp3) is 0.278. The molecule has 0 radical (unpaired) electrons. The number of hydrogen-bond acceptors (Lipinski definition) is 4. The van der Waals surface area contributed by atoms with Crippen molar-refractivity contribution in [2.75, 3.05) is 21.3 Å². The summed E-state index contributed by atoms with van der Waals surface area (Å²) in [6.45, 7) is 1.12. The molecule has 0 fully saturated rings. The molecule has 2 aromatic carbocycles. The van der Waals surface area contributed by atoms with E-state index in [9.17, 15) is 5.11 Å². The number of methoxy groups -OCH3 is 2. The van der Waals surface area contributed by atoms with Crippen LogP contribution in [-0.2, 0) is 13.1 Å². The predicted octanol–water partition coefficient (Wildman–Crippen LogP) is 2.93. The Bertz CT molecular complexity index is 708. The van der Waals surface area contributed by atoms with Crippen molar-refractivity contribution in [1.82, 2.24) is 10.6 Å². The molecule has 0 bridgehead atoms. The summed E-state index contributed by atoms with van der Waals surface area (Å²) in [5.41, 5.74) is 1.99. The molecule has 0 unspecified atom stereocenters. The quantitative estimate of drug-likeness (QED) is 0.543. The summed E-state index contributed by atoms with van der Waals surface area (Å²) in [7, 11) is 4.70. The lowest BCUT2D eigenvalue weighted by atomic mass is 10.2. The number of phenols is 1. The third kappa shape index (κ3) is 5.19. The third-order valence-corrected chi connectivity index (χ3v) is 3.85. The molecule has 0 aromatic heterocycles. The molecule has 6 nitrogen and oxygen atoms in total. The van der Waals surface area contributed by atoms with Gasteiger partial charge in [-0.1, -0.05) is 23.7 Å². The van der Waals surface area contributed by atoms with E-state index in [-0.39, 0.29) is 5.75 Å². The van der Waals surface area contributed by atoms with Crippen LogP contribution in [0.25, 0.3) is 0 Å². The van der Waals surface area contributed by atoms with Gasteiger partial charge in [-0.05, 0) is 35.4 Å². The molecule has 0 spiro atoms. The number of phenolic OH excluding ortho intramolecular Hbond substituents is 1. The van der Waals surface area contributed by atoms with Gasteiger partial charge in [-0.15, -0.1) is 0 Å². The first-order valence-electron chi connectivity index (χ1n) is 7.70. The van der Waals surface area contributed by atoms with Gasteiger partial charge in [-0.3, -0.25) is 4.99 Å². The van der Waals surface area contributed by atoms with Crippen LogP contribution in [0.2, 0.25) is 5.02 Å². The maximum atomic E-state index is 9.95. The van der Waals surface area contributed by atoms with Crippen molar-refractivity contribution in [2.24, 2.45) is 4.99 Å². The molecular formula is C18H22ClN3O3. The molecule has 2 rings (SSSR count). The van der Waals surface area contributed by atoms with Gasteiger partial charge in [0.05, 0.1) is 14.2 Å². The van der Waals surface area contributed by atoms with E-state index in [4.69, 9.17) is 21.1 Å². The number of nitrogens with one attached hydrogen (secondary N) is 2. The molecule has 0 heterocycles. The minimum absolute atomic E-state index is 0.0148. The highest BCUT2D eigenvalue weighted by Gasteiger charge is 2.11. The first kappa shape index (κ1) is 18.7. The van der Waals surface area contributed by atoms with E-state index >= 15 is 0 Å². The molecule has 0 aliphatic carbocycles. The Morgan fingerprint density at radius 3 is 2.00 bits per heavy atom. The fourth-order valence-electron chi connectivity index (χ4n) is 2.24. The van der Waals surface area contributed by atoms with Crippen LogP contribution in [0, 0.1) is 0 Å². The van der Waals surface area contributed by atoms with Crippen LogP contribution in [0.4, 0.5) is 0 Å². The standard InChI is InChI=1S/C18H22ClN3O3/c1-20-18(21-10-12-4-6-14(19)7-5-12)22-11-13-8-15(24-2)17(23)16(9-13)25-3/h4-9,23H,10-11H2,1-3H3,(H2,20,21,22).